The normalized spacial score (nSPS) is 10.9. The zero-order valence-electron chi connectivity index (χ0n) is 27.1. The number of aromatic nitrogens is 1. The molecule has 0 fully saturated rings. The third-order valence-corrected chi connectivity index (χ3v) is 9.32. The maximum atomic E-state index is 14.4. The number of anilines is 1. The van der Waals surface area contributed by atoms with E-state index < -0.39 is 6.16 Å². The van der Waals surface area contributed by atoms with Crippen molar-refractivity contribution in [3.05, 3.63) is 142 Å². The van der Waals surface area contributed by atoms with E-state index >= 15 is 0 Å². The van der Waals surface area contributed by atoms with Crippen molar-refractivity contribution in [2.45, 2.75) is 26.6 Å². The lowest BCUT2D eigenvalue weighted by atomic mass is 10.0. The molecule has 0 aliphatic heterocycles. The summed E-state index contributed by atoms with van der Waals surface area (Å²) >= 11 is 1.53. The average Bonchev–Trinajstić information content (AvgIpc) is 3.50. The number of benzene rings is 4. The van der Waals surface area contributed by atoms with E-state index in [0.29, 0.717) is 30.8 Å². The van der Waals surface area contributed by atoms with Gasteiger partial charge in [-0.3, -0.25) is 4.79 Å². The number of para-hydroxylation sites is 2. The highest BCUT2D eigenvalue weighted by Gasteiger charge is 2.25. The summed E-state index contributed by atoms with van der Waals surface area (Å²) in [5.41, 5.74) is 4.43. The van der Waals surface area contributed by atoms with Crippen molar-refractivity contribution >= 4 is 33.4 Å². The zero-order chi connectivity index (χ0) is 33.5. The van der Waals surface area contributed by atoms with E-state index in [0.717, 1.165) is 43.4 Å². The van der Waals surface area contributed by atoms with Crippen LogP contribution in [-0.4, -0.2) is 31.5 Å². The van der Waals surface area contributed by atoms with Crippen molar-refractivity contribution in [3.63, 3.8) is 0 Å². The van der Waals surface area contributed by atoms with Gasteiger partial charge in [0.05, 0.1) is 39.0 Å². The predicted molar refractivity (Wildman–Crippen MR) is 191 cm³/mol. The Morgan fingerprint density at radius 1 is 0.792 bits per heavy atom. The van der Waals surface area contributed by atoms with Gasteiger partial charge in [0, 0.05) is 34.8 Å². The molecule has 0 atom stereocenters. The summed E-state index contributed by atoms with van der Waals surface area (Å²) in [6, 6.07) is 35.9. The van der Waals surface area contributed by atoms with Crippen LogP contribution in [0.25, 0.3) is 20.7 Å². The summed E-state index contributed by atoms with van der Waals surface area (Å²) in [5.74, 6) is 1.34. The molecule has 0 amide bonds. The Bertz CT molecular complexity index is 2060. The third-order valence-electron chi connectivity index (χ3n) is 8.00. The standard InChI is InChI=1S/C39H36N2O6S/c1-4-46-39(43)47-34-26-41(24-29-15-11-12-18-33(29)45-3)38-35(36(34)42)32(37(48-38)28-19-21-31(44-2)22-20-28)25-40(30-16-9-6-10-17-30)23-27-13-7-5-8-14-27/h5-22,26H,4,23-25H2,1-3H3. The number of thiophene rings is 1. The highest BCUT2D eigenvalue weighted by molar-refractivity contribution is 7.22. The lowest BCUT2D eigenvalue weighted by molar-refractivity contribution is 0.104. The molecular weight excluding hydrogens is 625 g/mol. The van der Waals surface area contributed by atoms with Gasteiger partial charge in [0.25, 0.3) is 0 Å². The van der Waals surface area contributed by atoms with Gasteiger partial charge in [-0.2, -0.15) is 0 Å². The molecule has 8 nitrogen and oxygen atoms in total. The van der Waals surface area contributed by atoms with E-state index in [2.05, 4.69) is 29.2 Å². The van der Waals surface area contributed by atoms with Crippen LogP contribution in [0.4, 0.5) is 10.5 Å². The van der Waals surface area contributed by atoms with Gasteiger partial charge in [0.15, 0.2) is 5.75 Å². The first-order valence-electron chi connectivity index (χ1n) is 15.6. The number of rotatable bonds is 12. The first-order chi connectivity index (χ1) is 23.5. The Kier molecular flexibility index (Phi) is 10.1. The van der Waals surface area contributed by atoms with Gasteiger partial charge in [0.1, 0.15) is 16.3 Å². The summed E-state index contributed by atoms with van der Waals surface area (Å²) in [5, 5.41) is 0.483. The topological polar surface area (TPSA) is 79.2 Å². The monoisotopic (exact) mass is 660 g/mol. The Balaban J connectivity index is 1.59. The Morgan fingerprint density at radius 3 is 2.17 bits per heavy atom. The highest BCUT2D eigenvalue weighted by atomic mass is 32.1. The fourth-order valence-electron chi connectivity index (χ4n) is 5.71. The zero-order valence-corrected chi connectivity index (χ0v) is 27.9. The molecule has 2 heterocycles. The quantitative estimate of drug-likeness (QED) is 0.122. The van der Waals surface area contributed by atoms with Crippen molar-refractivity contribution in [3.8, 4) is 27.7 Å². The van der Waals surface area contributed by atoms with Crippen LogP contribution in [0.2, 0.25) is 0 Å². The number of hydrogen-bond acceptors (Lipinski definition) is 8. The molecule has 0 radical (unpaired) electrons. The van der Waals surface area contributed by atoms with Crippen LogP contribution < -0.4 is 24.5 Å². The van der Waals surface area contributed by atoms with Crippen molar-refractivity contribution in [1.82, 2.24) is 4.57 Å². The second kappa shape index (κ2) is 14.9. The molecule has 0 saturated carbocycles. The maximum absolute atomic E-state index is 14.4. The number of carbonyl (C=O) groups excluding carboxylic acids is 1. The molecule has 0 spiro atoms. The van der Waals surface area contributed by atoms with Crippen LogP contribution in [0.5, 0.6) is 17.2 Å². The largest absolute Gasteiger partial charge is 0.514 e. The van der Waals surface area contributed by atoms with Crippen molar-refractivity contribution in [2.24, 2.45) is 0 Å². The van der Waals surface area contributed by atoms with E-state index in [9.17, 15) is 9.59 Å². The van der Waals surface area contributed by atoms with Gasteiger partial charge < -0.3 is 28.4 Å². The lowest BCUT2D eigenvalue weighted by Gasteiger charge is -2.26. The molecule has 48 heavy (non-hydrogen) atoms. The van der Waals surface area contributed by atoms with Crippen LogP contribution >= 0.6 is 11.3 Å². The van der Waals surface area contributed by atoms with E-state index in [1.807, 2.05) is 89.5 Å². The van der Waals surface area contributed by atoms with E-state index in [4.69, 9.17) is 18.9 Å². The van der Waals surface area contributed by atoms with Crippen LogP contribution in [-0.2, 0) is 24.4 Å². The Labute approximate surface area is 283 Å². The summed E-state index contributed by atoms with van der Waals surface area (Å²) in [4.78, 5) is 30.9. The molecule has 6 rings (SSSR count). The third kappa shape index (κ3) is 7.06. The summed E-state index contributed by atoms with van der Waals surface area (Å²) < 4.78 is 23.7. The second-order valence-electron chi connectivity index (χ2n) is 11.0. The van der Waals surface area contributed by atoms with Crippen LogP contribution in [0.15, 0.2) is 120 Å². The fraction of sp³-hybridized carbons (Fsp3) is 0.179. The minimum Gasteiger partial charge on any atom is -0.497 e. The van der Waals surface area contributed by atoms with Gasteiger partial charge in [0.2, 0.25) is 5.43 Å². The fourth-order valence-corrected chi connectivity index (χ4v) is 7.00. The van der Waals surface area contributed by atoms with E-state index in [1.165, 1.54) is 11.3 Å². The van der Waals surface area contributed by atoms with Crippen molar-refractivity contribution in [1.29, 1.82) is 0 Å². The Hall–Kier alpha value is -5.54. The van der Waals surface area contributed by atoms with Gasteiger partial charge >= 0.3 is 6.16 Å². The molecule has 0 unspecified atom stereocenters. The van der Waals surface area contributed by atoms with Crippen molar-refractivity contribution in [2.75, 3.05) is 25.7 Å². The van der Waals surface area contributed by atoms with Crippen LogP contribution in [0.1, 0.15) is 23.6 Å². The maximum Gasteiger partial charge on any atom is 0.514 e. The minimum atomic E-state index is -0.931. The Morgan fingerprint density at radius 2 is 1.48 bits per heavy atom. The molecule has 244 valence electrons. The van der Waals surface area contributed by atoms with Crippen LogP contribution in [0.3, 0.4) is 0 Å². The minimum absolute atomic E-state index is 0.106. The number of nitrogens with zero attached hydrogens (tertiary/aromatic N) is 2. The molecule has 0 bridgehead atoms. The molecular formula is C39H36N2O6S. The molecule has 0 aliphatic rings. The van der Waals surface area contributed by atoms with E-state index in [1.54, 1.807) is 27.3 Å². The smallest absolute Gasteiger partial charge is 0.497 e. The molecule has 0 saturated heterocycles. The molecule has 4 aromatic carbocycles. The molecule has 2 aromatic heterocycles. The molecule has 0 aliphatic carbocycles. The van der Waals surface area contributed by atoms with Crippen molar-refractivity contribution < 1.29 is 23.7 Å². The SMILES string of the molecule is CCOC(=O)Oc1cn(Cc2ccccc2OC)c2sc(-c3ccc(OC)cc3)c(CN(Cc3ccccc3)c3ccccc3)c2c1=O. The van der Waals surface area contributed by atoms with Gasteiger partial charge in [-0.05, 0) is 60.5 Å². The van der Waals surface area contributed by atoms with Crippen LogP contribution in [0, 0.1) is 0 Å². The average molecular weight is 661 g/mol. The number of hydrogen-bond donors (Lipinski definition) is 0. The summed E-state index contributed by atoms with van der Waals surface area (Å²) in [6.45, 7) is 3.20. The second-order valence-corrected chi connectivity index (χ2v) is 12.0. The van der Waals surface area contributed by atoms with E-state index in [-0.39, 0.29) is 17.8 Å². The molecule has 0 N–H and O–H groups in total. The predicted octanol–water partition coefficient (Wildman–Crippen LogP) is 8.54. The first kappa shape index (κ1) is 32.4. The summed E-state index contributed by atoms with van der Waals surface area (Å²) in [6.07, 6.45) is 0.658. The highest BCUT2D eigenvalue weighted by Crippen LogP contribution is 2.41. The number of carbonyl (C=O) groups is 1. The number of methoxy groups -OCH3 is 2. The van der Waals surface area contributed by atoms with Gasteiger partial charge in [-0.15, -0.1) is 11.3 Å². The first-order valence-corrected chi connectivity index (χ1v) is 16.4. The lowest BCUT2D eigenvalue weighted by Crippen LogP contribution is -2.24. The van der Waals surface area contributed by atoms with Gasteiger partial charge in [-0.25, -0.2) is 4.79 Å². The number of pyridine rings is 1. The van der Waals surface area contributed by atoms with Gasteiger partial charge in [-0.1, -0.05) is 66.7 Å². The number of ether oxygens (including phenoxy) is 4. The summed E-state index contributed by atoms with van der Waals surface area (Å²) in [7, 11) is 3.27. The number of fused-ring (bicyclic) bond motifs is 1. The molecule has 9 heteroatoms. The molecule has 6 aromatic rings.